The Morgan fingerprint density at radius 3 is 2.74 bits per heavy atom. The van der Waals surface area contributed by atoms with Crippen molar-refractivity contribution in [1.29, 1.82) is 5.26 Å². The smallest absolute Gasteiger partial charge is 0.262 e. The van der Waals surface area contributed by atoms with Gasteiger partial charge in [0.1, 0.15) is 5.82 Å². The van der Waals surface area contributed by atoms with E-state index in [0.29, 0.717) is 0 Å². The zero-order valence-electron chi connectivity index (χ0n) is 11.7. The molecule has 0 saturated carbocycles. The van der Waals surface area contributed by atoms with E-state index >= 15 is 0 Å². The molecule has 0 atom stereocenters. The molecule has 3 rings (SSSR count). The molecule has 5 nitrogen and oxygen atoms in total. The average molecular weight is 327 g/mol. The van der Waals surface area contributed by atoms with Crippen molar-refractivity contribution in [3.05, 3.63) is 66.1 Å². The van der Waals surface area contributed by atoms with Crippen LogP contribution in [0.5, 0.6) is 0 Å². The standard InChI is InChI=1S/C16H10FN3O2S/c17-14-6-7-15(16-13(14)5-2-8-19-16)20-23(21,22)12-4-1-3-11(9-12)10-18/h1-9,20H. The van der Waals surface area contributed by atoms with Gasteiger partial charge in [-0.05, 0) is 42.5 Å². The van der Waals surface area contributed by atoms with E-state index in [1.807, 2.05) is 6.07 Å². The number of fused-ring (bicyclic) bond motifs is 1. The SMILES string of the molecule is N#Cc1cccc(S(=O)(=O)Nc2ccc(F)c3cccnc23)c1. The molecule has 1 N–H and O–H groups in total. The first-order valence-electron chi connectivity index (χ1n) is 6.57. The van der Waals surface area contributed by atoms with Crippen molar-refractivity contribution in [3.63, 3.8) is 0 Å². The maximum absolute atomic E-state index is 13.8. The lowest BCUT2D eigenvalue weighted by Gasteiger charge is -2.10. The minimum atomic E-state index is -3.91. The number of rotatable bonds is 3. The quantitative estimate of drug-likeness (QED) is 0.801. The van der Waals surface area contributed by atoms with Crippen LogP contribution in [0, 0.1) is 17.1 Å². The summed E-state index contributed by atoms with van der Waals surface area (Å²) in [4.78, 5) is 3.98. The molecule has 23 heavy (non-hydrogen) atoms. The monoisotopic (exact) mass is 327 g/mol. The number of anilines is 1. The van der Waals surface area contributed by atoms with Crippen LogP contribution in [0.25, 0.3) is 10.9 Å². The van der Waals surface area contributed by atoms with E-state index in [4.69, 9.17) is 5.26 Å². The minimum Gasteiger partial charge on any atom is -0.277 e. The highest BCUT2D eigenvalue weighted by Gasteiger charge is 2.17. The molecule has 1 aromatic heterocycles. The topological polar surface area (TPSA) is 82.8 Å². The Labute approximate surface area is 132 Å². The number of nitrogens with zero attached hydrogens (tertiary/aromatic N) is 2. The van der Waals surface area contributed by atoms with E-state index in [2.05, 4.69) is 9.71 Å². The molecule has 0 aliphatic rings. The lowest BCUT2D eigenvalue weighted by atomic mass is 10.2. The molecule has 0 unspecified atom stereocenters. The maximum atomic E-state index is 13.8. The van der Waals surface area contributed by atoms with Gasteiger partial charge in [-0.15, -0.1) is 0 Å². The highest BCUT2D eigenvalue weighted by atomic mass is 32.2. The number of hydrogen-bond acceptors (Lipinski definition) is 4. The molecule has 0 aliphatic carbocycles. The van der Waals surface area contributed by atoms with Crippen LogP contribution >= 0.6 is 0 Å². The third-order valence-electron chi connectivity index (χ3n) is 3.23. The summed E-state index contributed by atoms with van der Waals surface area (Å²) in [7, 11) is -3.91. The molecule has 3 aromatic rings. The Hall–Kier alpha value is -2.98. The fraction of sp³-hybridized carbons (Fsp3) is 0. The largest absolute Gasteiger partial charge is 0.277 e. The summed E-state index contributed by atoms with van der Waals surface area (Å²) >= 11 is 0. The van der Waals surface area contributed by atoms with Gasteiger partial charge in [-0.1, -0.05) is 6.07 Å². The van der Waals surface area contributed by atoms with E-state index in [1.165, 1.54) is 48.7 Å². The molecule has 1 heterocycles. The molecule has 2 aromatic carbocycles. The average Bonchev–Trinajstić information content (AvgIpc) is 2.58. The summed E-state index contributed by atoms with van der Waals surface area (Å²) in [6, 6.07) is 13.1. The van der Waals surface area contributed by atoms with Crippen LogP contribution in [0.3, 0.4) is 0 Å². The van der Waals surface area contributed by atoms with Gasteiger partial charge in [0.25, 0.3) is 10.0 Å². The fourth-order valence-electron chi connectivity index (χ4n) is 2.16. The van der Waals surface area contributed by atoms with Crippen LogP contribution in [0.2, 0.25) is 0 Å². The van der Waals surface area contributed by atoms with Gasteiger partial charge >= 0.3 is 0 Å². The first kappa shape index (κ1) is 14.9. The third kappa shape index (κ3) is 2.84. The molecule has 0 bridgehead atoms. The molecule has 114 valence electrons. The lowest BCUT2D eigenvalue weighted by Crippen LogP contribution is -2.13. The van der Waals surface area contributed by atoms with Crippen molar-refractivity contribution in [2.75, 3.05) is 4.72 Å². The maximum Gasteiger partial charge on any atom is 0.262 e. The second-order valence-electron chi connectivity index (χ2n) is 4.74. The summed E-state index contributed by atoms with van der Waals surface area (Å²) in [5.41, 5.74) is 0.617. The highest BCUT2D eigenvalue weighted by Crippen LogP contribution is 2.26. The molecule has 0 spiro atoms. The van der Waals surface area contributed by atoms with Crippen LogP contribution < -0.4 is 4.72 Å². The Morgan fingerprint density at radius 1 is 1.13 bits per heavy atom. The molecular formula is C16H10FN3O2S. The van der Waals surface area contributed by atoms with Gasteiger partial charge in [0.2, 0.25) is 0 Å². The second kappa shape index (κ2) is 5.66. The van der Waals surface area contributed by atoms with E-state index in [1.54, 1.807) is 6.07 Å². The normalized spacial score (nSPS) is 11.1. The predicted molar refractivity (Wildman–Crippen MR) is 83.7 cm³/mol. The highest BCUT2D eigenvalue weighted by molar-refractivity contribution is 7.92. The number of nitrogens with one attached hydrogen (secondary N) is 1. The van der Waals surface area contributed by atoms with Gasteiger partial charge in [0, 0.05) is 11.6 Å². The minimum absolute atomic E-state index is 0.0510. The fourth-order valence-corrected chi connectivity index (χ4v) is 3.27. The predicted octanol–water partition coefficient (Wildman–Crippen LogP) is 3.05. The molecule has 0 fully saturated rings. The number of hydrogen-bond donors (Lipinski definition) is 1. The molecule has 0 amide bonds. The second-order valence-corrected chi connectivity index (χ2v) is 6.42. The molecule has 0 saturated heterocycles. The Balaban J connectivity index is 2.08. The molecular weight excluding hydrogens is 317 g/mol. The van der Waals surface area contributed by atoms with E-state index in [0.717, 1.165) is 0 Å². The number of aromatic nitrogens is 1. The number of halogens is 1. The number of nitriles is 1. The summed E-state index contributed by atoms with van der Waals surface area (Å²) in [5, 5.41) is 9.09. The summed E-state index contributed by atoms with van der Waals surface area (Å²) in [6.07, 6.45) is 1.45. The van der Waals surface area contributed by atoms with Gasteiger partial charge < -0.3 is 0 Å². The molecule has 0 aliphatic heterocycles. The van der Waals surface area contributed by atoms with Gasteiger partial charge in [0.15, 0.2) is 0 Å². The van der Waals surface area contributed by atoms with E-state index in [-0.39, 0.29) is 27.0 Å². The van der Waals surface area contributed by atoms with Crippen LogP contribution in [0.1, 0.15) is 5.56 Å². The van der Waals surface area contributed by atoms with Crippen molar-refractivity contribution in [3.8, 4) is 6.07 Å². The van der Waals surface area contributed by atoms with Crippen molar-refractivity contribution in [2.45, 2.75) is 4.90 Å². The van der Waals surface area contributed by atoms with Crippen molar-refractivity contribution in [2.24, 2.45) is 0 Å². The van der Waals surface area contributed by atoms with Gasteiger partial charge in [-0.2, -0.15) is 5.26 Å². The van der Waals surface area contributed by atoms with Crippen LogP contribution in [-0.2, 0) is 10.0 Å². The summed E-state index contributed by atoms with van der Waals surface area (Å²) in [6.45, 7) is 0. The summed E-state index contributed by atoms with van der Waals surface area (Å²) < 4.78 is 41.1. The number of sulfonamides is 1. The van der Waals surface area contributed by atoms with Crippen molar-refractivity contribution >= 4 is 26.6 Å². The lowest BCUT2D eigenvalue weighted by molar-refractivity contribution is 0.601. The van der Waals surface area contributed by atoms with Gasteiger partial charge in [-0.3, -0.25) is 9.71 Å². The number of pyridine rings is 1. The van der Waals surface area contributed by atoms with E-state index < -0.39 is 15.8 Å². The zero-order valence-corrected chi connectivity index (χ0v) is 12.5. The van der Waals surface area contributed by atoms with Crippen molar-refractivity contribution < 1.29 is 12.8 Å². The van der Waals surface area contributed by atoms with E-state index in [9.17, 15) is 12.8 Å². The van der Waals surface area contributed by atoms with Gasteiger partial charge in [0.05, 0.1) is 27.7 Å². The first-order chi connectivity index (χ1) is 11.0. The van der Waals surface area contributed by atoms with Crippen LogP contribution in [0.4, 0.5) is 10.1 Å². The molecule has 0 radical (unpaired) electrons. The third-order valence-corrected chi connectivity index (χ3v) is 4.60. The first-order valence-corrected chi connectivity index (χ1v) is 8.06. The Kier molecular flexibility index (Phi) is 3.68. The Bertz CT molecular complexity index is 1040. The molecule has 7 heteroatoms. The number of benzene rings is 2. The van der Waals surface area contributed by atoms with Crippen LogP contribution in [0.15, 0.2) is 59.6 Å². The summed E-state index contributed by atoms with van der Waals surface area (Å²) in [5.74, 6) is -0.484. The zero-order chi connectivity index (χ0) is 16.4. The Morgan fingerprint density at radius 2 is 1.96 bits per heavy atom. The van der Waals surface area contributed by atoms with Gasteiger partial charge in [-0.25, -0.2) is 12.8 Å². The van der Waals surface area contributed by atoms with Crippen molar-refractivity contribution in [1.82, 2.24) is 4.98 Å². The van der Waals surface area contributed by atoms with Crippen LogP contribution in [-0.4, -0.2) is 13.4 Å².